The van der Waals surface area contributed by atoms with E-state index in [1.807, 2.05) is 6.92 Å². The van der Waals surface area contributed by atoms with Crippen LogP contribution in [0.4, 0.5) is 0 Å². The van der Waals surface area contributed by atoms with Gasteiger partial charge in [-0.15, -0.1) is 0 Å². The average molecular weight is 236 g/mol. The van der Waals surface area contributed by atoms with Crippen LogP contribution in [0.15, 0.2) is 47.3 Å². The van der Waals surface area contributed by atoms with Gasteiger partial charge in [0.25, 0.3) is 0 Å². The largest absolute Gasteiger partial charge is 0.0980 e. The lowest BCUT2D eigenvalue weighted by Gasteiger charge is -2.25. The van der Waals surface area contributed by atoms with Gasteiger partial charge in [-0.2, -0.15) is 0 Å². The Morgan fingerprint density at radius 1 is 1.31 bits per heavy atom. The lowest BCUT2D eigenvalue weighted by Crippen LogP contribution is -2.15. The average Bonchev–Trinajstić information content (AvgIpc) is 2.23. The molecular weight excluding hydrogens is 212 g/mol. The summed E-state index contributed by atoms with van der Waals surface area (Å²) in [5, 5.41) is 0. The zero-order valence-electron chi connectivity index (χ0n) is 11.2. The first kappa shape index (κ1) is 15.3. The molecule has 0 saturated carbocycles. The topological polar surface area (TPSA) is 0 Å². The fourth-order valence-electron chi connectivity index (χ4n) is 0.872. The van der Waals surface area contributed by atoms with Crippen molar-refractivity contribution in [1.82, 2.24) is 0 Å². The maximum absolute atomic E-state index is 3.91. The Bertz CT molecular complexity index is 303. The molecule has 0 atom stereocenters. The fourth-order valence-corrected chi connectivity index (χ4v) is 1.51. The van der Waals surface area contributed by atoms with Crippen molar-refractivity contribution >= 4 is 11.8 Å². The molecular formula is C15H24S. The molecule has 0 spiro atoms. The highest BCUT2D eigenvalue weighted by Crippen LogP contribution is 2.31. The van der Waals surface area contributed by atoms with Crippen molar-refractivity contribution < 1.29 is 0 Å². The van der Waals surface area contributed by atoms with E-state index in [-0.39, 0.29) is 5.41 Å². The Morgan fingerprint density at radius 3 is 2.25 bits per heavy atom. The molecule has 0 nitrogen and oxygen atoms in total. The second kappa shape index (κ2) is 6.80. The zero-order valence-corrected chi connectivity index (χ0v) is 12.0. The van der Waals surface area contributed by atoms with Crippen LogP contribution in [0.25, 0.3) is 0 Å². The predicted octanol–water partition coefficient (Wildman–Crippen LogP) is 5.56. The third-order valence-corrected chi connectivity index (χ3v) is 3.96. The maximum Gasteiger partial charge on any atom is 0.00760 e. The first-order valence-electron chi connectivity index (χ1n) is 5.68. The second-order valence-electron chi connectivity index (χ2n) is 4.77. The minimum Gasteiger partial charge on any atom is -0.0980 e. The van der Waals surface area contributed by atoms with Gasteiger partial charge in [0.05, 0.1) is 0 Å². The van der Waals surface area contributed by atoms with Crippen LogP contribution in [0.2, 0.25) is 0 Å². The van der Waals surface area contributed by atoms with Gasteiger partial charge in [0.1, 0.15) is 0 Å². The number of thioether (sulfide) groups is 1. The van der Waals surface area contributed by atoms with Gasteiger partial charge in [-0.3, -0.25) is 0 Å². The fraction of sp³-hybridized carbons (Fsp3) is 0.467. The molecule has 0 heterocycles. The van der Waals surface area contributed by atoms with Gasteiger partial charge in [0.2, 0.25) is 0 Å². The molecule has 0 fully saturated rings. The number of hydrogen-bond acceptors (Lipinski definition) is 1. The van der Waals surface area contributed by atoms with Crippen molar-refractivity contribution in [3.63, 3.8) is 0 Å². The summed E-state index contributed by atoms with van der Waals surface area (Å²) in [6.45, 7) is 18.7. The molecule has 0 aliphatic heterocycles. The monoisotopic (exact) mass is 236 g/mol. The normalized spacial score (nSPS) is 13.5. The van der Waals surface area contributed by atoms with Crippen molar-refractivity contribution in [2.45, 2.75) is 34.6 Å². The molecule has 90 valence electrons. The van der Waals surface area contributed by atoms with E-state index in [0.717, 1.165) is 4.91 Å². The zero-order chi connectivity index (χ0) is 12.8. The van der Waals surface area contributed by atoms with Crippen LogP contribution in [-0.4, -0.2) is 0 Å². The Kier molecular flexibility index (Phi) is 6.51. The third kappa shape index (κ3) is 5.41. The van der Waals surface area contributed by atoms with Crippen LogP contribution in [0, 0.1) is 11.3 Å². The molecule has 0 radical (unpaired) electrons. The number of allylic oxidation sites excluding steroid dienone is 4. The summed E-state index contributed by atoms with van der Waals surface area (Å²) < 4.78 is 0. The van der Waals surface area contributed by atoms with Crippen molar-refractivity contribution in [2.24, 2.45) is 11.3 Å². The first-order chi connectivity index (χ1) is 7.33. The Morgan fingerprint density at radius 2 is 1.88 bits per heavy atom. The Hall–Kier alpha value is -0.690. The van der Waals surface area contributed by atoms with Gasteiger partial charge < -0.3 is 0 Å². The Balaban J connectivity index is 4.62. The van der Waals surface area contributed by atoms with E-state index >= 15 is 0 Å². The van der Waals surface area contributed by atoms with Crippen LogP contribution in [-0.2, 0) is 0 Å². The van der Waals surface area contributed by atoms with Gasteiger partial charge >= 0.3 is 0 Å². The summed E-state index contributed by atoms with van der Waals surface area (Å²) in [7, 11) is 0. The molecule has 0 aliphatic rings. The molecule has 0 aromatic heterocycles. The molecule has 16 heavy (non-hydrogen) atoms. The van der Waals surface area contributed by atoms with E-state index in [4.69, 9.17) is 0 Å². The quantitative estimate of drug-likeness (QED) is 0.544. The lowest BCUT2D eigenvalue weighted by atomic mass is 9.81. The number of hydrogen-bond donors (Lipinski definition) is 0. The highest BCUT2D eigenvalue weighted by atomic mass is 32.2. The van der Waals surface area contributed by atoms with Gasteiger partial charge in [-0.05, 0) is 18.3 Å². The van der Waals surface area contributed by atoms with Crippen LogP contribution < -0.4 is 0 Å². The molecule has 0 N–H and O–H groups in total. The van der Waals surface area contributed by atoms with Gasteiger partial charge in [0.15, 0.2) is 0 Å². The van der Waals surface area contributed by atoms with E-state index < -0.39 is 0 Å². The third-order valence-electron chi connectivity index (χ3n) is 2.93. The summed E-state index contributed by atoms with van der Waals surface area (Å²) in [5.74, 6) is 0.634. The minimum atomic E-state index is 0.227. The second-order valence-corrected chi connectivity index (χ2v) is 5.97. The van der Waals surface area contributed by atoms with E-state index in [2.05, 4.69) is 59.1 Å². The minimum absolute atomic E-state index is 0.227. The van der Waals surface area contributed by atoms with E-state index in [0.29, 0.717) is 5.92 Å². The highest BCUT2D eigenvalue weighted by molar-refractivity contribution is 8.07. The van der Waals surface area contributed by atoms with Crippen molar-refractivity contribution in [3.05, 3.63) is 47.3 Å². The lowest BCUT2D eigenvalue weighted by molar-refractivity contribution is 0.333. The van der Waals surface area contributed by atoms with Gasteiger partial charge in [-0.25, -0.2) is 0 Å². The standard InChI is InChI=1S/C15H24S/c1-8-13(5)16-14(9-2)10-11-15(6,7)12(3)4/h8-12H,1,5H2,2-4,6-7H3/b11-10-,14-9+. The van der Waals surface area contributed by atoms with Crippen molar-refractivity contribution in [2.75, 3.05) is 0 Å². The molecule has 0 rings (SSSR count). The summed E-state index contributed by atoms with van der Waals surface area (Å²) in [5.41, 5.74) is 0.227. The van der Waals surface area contributed by atoms with E-state index in [9.17, 15) is 0 Å². The predicted molar refractivity (Wildman–Crippen MR) is 78.4 cm³/mol. The van der Waals surface area contributed by atoms with E-state index in [1.165, 1.54) is 4.91 Å². The molecule has 0 amide bonds. The molecule has 0 aromatic rings. The molecule has 1 heteroatoms. The van der Waals surface area contributed by atoms with Gasteiger partial charge in [-0.1, -0.05) is 76.9 Å². The molecule has 0 unspecified atom stereocenters. The van der Waals surface area contributed by atoms with Crippen molar-refractivity contribution in [1.29, 1.82) is 0 Å². The summed E-state index contributed by atoms with van der Waals surface area (Å²) in [6.07, 6.45) is 8.34. The molecule has 0 saturated heterocycles. The smallest absolute Gasteiger partial charge is 0.00760 e. The van der Waals surface area contributed by atoms with Crippen LogP contribution in [0.1, 0.15) is 34.6 Å². The van der Waals surface area contributed by atoms with Crippen LogP contribution in [0.3, 0.4) is 0 Å². The molecule has 0 aromatic carbocycles. The van der Waals surface area contributed by atoms with Crippen molar-refractivity contribution in [3.8, 4) is 0 Å². The number of rotatable bonds is 6. The molecule has 0 aliphatic carbocycles. The summed E-state index contributed by atoms with van der Waals surface area (Å²) in [6, 6.07) is 0. The van der Waals surface area contributed by atoms with Crippen LogP contribution >= 0.6 is 11.8 Å². The molecule has 0 bridgehead atoms. The highest BCUT2D eigenvalue weighted by Gasteiger charge is 2.18. The Labute approximate surface area is 105 Å². The first-order valence-corrected chi connectivity index (χ1v) is 6.50. The summed E-state index contributed by atoms with van der Waals surface area (Å²) in [4.78, 5) is 2.21. The van der Waals surface area contributed by atoms with Gasteiger partial charge in [0, 0.05) is 9.81 Å². The van der Waals surface area contributed by atoms with E-state index in [1.54, 1.807) is 17.8 Å². The maximum atomic E-state index is 3.91. The van der Waals surface area contributed by atoms with Crippen LogP contribution in [0.5, 0.6) is 0 Å². The summed E-state index contributed by atoms with van der Waals surface area (Å²) >= 11 is 1.66. The SMILES string of the molecule is C=CC(=C)SC(/C=C\C(C)(C)C(C)C)=C/C.